The van der Waals surface area contributed by atoms with Crippen molar-refractivity contribution in [1.82, 2.24) is 52.3 Å². The number of rotatable bonds is 24. The van der Waals surface area contributed by atoms with Gasteiger partial charge in [-0.25, -0.2) is 9.59 Å². The Labute approximate surface area is 676 Å². The highest BCUT2D eigenvalue weighted by atomic mass is 16.6. The van der Waals surface area contributed by atoms with Gasteiger partial charge in [0.05, 0.1) is 25.2 Å². The van der Waals surface area contributed by atoms with Gasteiger partial charge in [-0.15, -0.1) is 0 Å². The lowest BCUT2D eigenvalue weighted by Crippen LogP contribution is -2.55. The summed E-state index contributed by atoms with van der Waals surface area (Å²) in [6, 6.07) is 39.7. The van der Waals surface area contributed by atoms with Crippen LogP contribution in [0.3, 0.4) is 0 Å². The van der Waals surface area contributed by atoms with Crippen LogP contribution in [0.1, 0.15) is 162 Å². The number of ether oxygens (including phenoxy) is 4. The average molecular weight is 1590 g/mol. The highest BCUT2D eigenvalue weighted by Crippen LogP contribution is 2.32. The molecule has 0 aromatic heterocycles. The Morgan fingerprint density at radius 3 is 1.28 bits per heavy atom. The van der Waals surface area contributed by atoms with Gasteiger partial charge in [0.15, 0.2) is 18.3 Å². The molecular formula is C88H108N10O18. The number of ketones is 1. The number of hydrogen-bond acceptors (Lipinski definition) is 18. The molecule has 116 heavy (non-hydrogen) atoms. The molecule has 6 aromatic rings. The van der Waals surface area contributed by atoms with Crippen LogP contribution in [0.15, 0.2) is 158 Å². The molecule has 9 unspecified atom stereocenters. The van der Waals surface area contributed by atoms with Gasteiger partial charge in [-0.2, -0.15) is 0 Å². The summed E-state index contributed by atoms with van der Waals surface area (Å²) in [5.41, 5.74) is 4.15. The summed E-state index contributed by atoms with van der Waals surface area (Å²) in [6.45, 7) is 2.42. The third kappa shape index (κ3) is 26.6. The molecule has 4 aliphatic heterocycles. The van der Waals surface area contributed by atoms with Crippen molar-refractivity contribution in [3.8, 4) is 23.0 Å². The second kappa shape index (κ2) is 44.2. The maximum atomic E-state index is 14.2. The average Bonchev–Trinajstić information content (AvgIpc) is 1.20. The largest absolute Gasteiger partial charge is 0.457 e. The zero-order valence-corrected chi connectivity index (χ0v) is 66.7. The molecule has 9 atom stereocenters. The van der Waals surface area contributed by atoms with E-state index in [1.54, 1.807) is 144 Å². The van der Waals surface area contributed by atoms with E-state index in [9.17, 15) is 67.4 Å². The Morgan fingerprint density at radius 1 is 0.457 bits per heavy atom. The summed E-state index contributed by atoms with van der Waals surface area (Å²) < 4.78 is 24.1. The van der Waals surface area contributed by atoms with E-state index in [1.807, 2.05) is 55.5 Å². The Bertz CT molecular complexity index is 4360. The van der Waals surface area contributed by atoms with Crippen LogP contribution >= 0.6 is 0 Å². The third-order valence-electron chi connectivity index (χ3n) is 20.8. The lowest BCUT2D eigenvalue weighted by atomic mass is 9.83. The number of nitrogens with zero attached hydrogens (tertiary/aromatic N) is 2. The van der Waals surface area contributed by atoms with Crippen molar-refractivity contribution in [3.05, 3.63) is 191 Å². The minimum atomic E-state index is -1.78. The second-order valence-corrected chi connectivity index (χ2v) is 30.2. The van der Waals surface area contributed by atoms with Gasteiger partial charge >= 0.3 is 11.9 Å². The molecule has 8 bridgehead atoms. The number of carbonyl (C=O) groups excluding carboxylic acids is 13. The monoisotopic (exact) mass is 1590 g/mol. The molecule has 2 fully saturated rings. The van der Waals surface area contributed by atoms with Gasteiger partial charge in [0.25, 0.3) is 23.6 Å². The Morgan fingerprint density at radius 2 is 0.871 bits per heavy atom. The van der Waals surface area contributed by atoms with E-state index < -0.39 is 127 Å². The van der Waals surface area contributed by atoms with Crippen molar-refractivity contribution < 1.29 is 86.4 Å². The number of benzene rings is 6. The number of likely N-dealkylation sites (N-methyl/N-ethyl adjacent to an activating group) is 2. The predicted octanol–water partition coefficient (Wildman–Crippen LogP) is 7.51. The Kier molecular flexibility index (Phi) is 33.6. The summed E-state index contributed by atoms with van der Waals surface area (Å²) >= 11 is 0. The highest BCUT2D eigenvalue weighted by molar-refractivity contribution is 6.38. The normalized spacial score (nSPS) is 18.9. The van der Waals surface area contributed by atoms with Crippen LogP contribution in [0, 0.1) is 11.8 Å². The molecule has 6 aliphatic rings. The first-order valence-corrected chi connectivity index (χ1v) is 40.0. The van der Waals surface area contributed by atoms with Crippen LogP contribution in [-0.4, -0.2) is 175 Å². The summed E-state index contributed by atoms with van der Waals surface area (Å²) in [6.07, 6.45) is 5.89. The van der Waals surface area contributed by atoms with Crippen LogP contribution < -0.4 is 52.0 Å². The fraction of sp³-hybridized carbons (Fsp3) is 0.443. The molecule has 9 N–H and O–H groups in total. The number of aryl methyl sites for hydroxylation is 2. The third-order valence-corrected chi connectivity index (χ3v) is 20.8. The van der Waals surface area contributed by atoms with Crippen LogP contribution in [-0.2, 0) is 97.5 Å². The van der Waals surface area contributed by atoms with Gasteiger partial charge in [0, 0.05) is 53.9 Å². The number of fused-ring (bicyclic) bond motifs is 20. The summed E-state index contributed by atoms with van der Waals surface area (Å²) in [4.78, 5) is 177. The quantitative estimate of drug-likeness (QED) is 0.0209. The fourth-order valence-corrected chi connectivity index (χ4v) is 14.5. The molecule has 10 amide bonds. The number of amides is 10. The van der Waals surface area contributed by atoms with Gasteiger partial charge in [-0.05, 0) is 145 Å². The molecule has 0 spiro atoms. The van der Waals surface area contributed by atoms with E-state index in [0.717, 1.165) is 49.7 Å². The number of hydrogen-bond donors (Lipinski definition) is 9. The molecule has 4 heterocycles. The first kappa shape index (κ1) is 88.1. The minimum Gasteiger partial charge on any atom is -0.457 e. The van der Waals surface area contributed by atoms with Crippen LogP contribution in [0.2, 0.25) is 0 Å². The summed E-state index contributed by atoms with van der Waals surface area (Å²) in [7, 11) is 6.23. The highest BCUT2D eigenvalue weighted by Gasteiger charge is 2.40. The van der Waals surface area contributed by atoms with Crippen molar-refractivity contribution in [1.29, 1.82) is 0 Å². The maximum Gasteiger partial charge on any atom is 0.329 e. The first-order valence-electron chi connectivity index (χ1n) is 40.0. The van der Waals surface area contributed by atoms with Crippen molar-refractivity contribution in [2.24, 2.45) is 11.8 Å². The molecule has 28 heteroatoms. The van der Waals surface area contributed by atoms with Gasteiger partial charge in [0.2, 0.25) is 41.2 Å². The zero-order chi connectivity index (χ0) is 83.2. The molecular weight excluding hydrogens is 1490 g/mol. The van der Waals surface area contributed by atoms with Crippen LogP contribution in [0.4, 0.5) is 0 Å². The number of aliphatic hydroxyl groups excluding tert-OH is 1. The topological polar surface area (TPSA) is 382 Å². The lowest BCUT2D eigenvalue weighted by molar-refractivity contribution is -0.161. The second-order valence-electron chi connectivity index (χ2n) is 30.2. The summed E-state index contributed by atoms with van der Waals surface area (Å²) in [5, 5.41) is 32.4. The van der Waals surface area contributed by atoms with E-state index >= 15 is 0 Å². The minimum absolute atomic E-state index is 0.0704. The molecule has 28 nitrogen and oxygen atoms in total. The van der Waals surface area contributed by atoms with E-state index in [0.29, 0.717) is 96.6 Å². The lowest BCUT2D eigenvalue weighted by Gasteiger charge is -2.31. The van der Waals surface area contributed by atoms with Gasteiger partial charge in [-0.1, -0.05) is 174 Å². The van der Waals surface area contributed by atoms with Crippen molar-refractivity contribution in [2.75, 3.05) is 41.3 Å². The molecule has 2 aliphatic carbocycles. The number of aliphatic hydroxyl groups is 1. The molecule has 12 rings (SSSR count). The Balaban J connectivity index is 0.000000265. The summed E-state index contributed by atoms with van der Waals surface area (Å²) in [5.74, 6) is -7.11. The van der Waals surface area contributed by atoms with Crippen molar-refractivity contribution in [2.45, 2.75) is 197 Å². The van der Waals surface area contributed by atoms with Crippen molar-refractivity contribution in [3.63, 3.8) is 0 Å². The van der Waals surface area contributed by atoms with E-state index in [2.05, 4.69) is 42.5 Å². The maximum absolute atomic E-state index is 14.2. The van der Waals surface area contributed by atoms with E-state index in [-0.39, 0.29) is 68.1 Å². The number of nitrogens with one attached hydrogen (secondary N) is 8. The molecule has 0 radical (unpaired) electrons. The van der Waals surface area contributed by atoms with E-state index in [1.165, 1.54) is 9.80 Å². The zero-order valence-electron chi connectivity index (χ0n) is 66.7. The number of carbonyl (C=O) groups is 13. The van der Waals surface area contributed by atoms with Crippen molar-refractivity contribution >= 4 is 76.8 Å². The SMILES string of the molecule is CCCC(NC(=O)C1Cc2cccc(c2)Oc2ccc(cc2)CCC(=O)NC(C2CCCCC2)C(=O)O1)C(=O)C(=O)NCC(=O)NC(C(=O)N(C)C)c1ccccc1.CCCC(NC(=O)C1Cc2cccc(c2)Oc2ccc(cc2)CCC(=O)NC(C2CCCCC2)C(=O)O1)C(O)C(=O)NCC(=O)NC(C(=O)N(C)C)c1ccccc1. The number of esters is 2. The Hall–Kier alpha value is -11.8. The molecule has 6 aromatic carbocycles. The predicted molar refractivity (Wildman–Crippen MR) is 429 cm³/mol. The van der Waals surface area contributed by atoms with Gasteiger partial charge in [-0.3, -0.25) is 52.7 Å². The fourth-order valence-electron chi connectivity index (χ4n) is 14.5. The molecule has 0 saturated heterocycles. The van der Waals surface area contributed by atoms with Crippen LogP contribution in [0.5, 0.6) is 23.0 Å². The first-order chi connectivity index (χ1) is 55.8. The number of Topliss-reactive ketones (excluding diaryl/α,β-unsaturated/α-hetero) is 1. The van der Waals surface area contributed by atoms with E-state index in [4.69, 9.17) is 18.9 Å². The standard InChI is InChI=1S/C44H55N5O9.C44H53N5O9/c2*1-4-12-34(40(52)42(54)45-27-37(51)48-38(43(55)49(2)3)30-14-7-5-8-15-30)46-41(53)35-26-29-13-11-18-33(25-29)57-32-22-19-28(20-23-32)21-24-36(50)47-39(44(56)58-35)31-16-9-6-10-17-31/h5,7-8,11,13-15,18-20,22-23,25,31,34-35,38-40,52H,4,6,9-10,12,16-17,21,24,26-27H2,1-3H3,(H,45,54)(H,46,53)(H,47,50)(H,48,51);5,7-8,11,13-15,18-20,22-23,25,31,34-35,38-39H,4,6,9-10,12,16-17,21,24,26-27H2,1-3H3,(H,45,54)(H,46,53)(H,47,50)(H,48,51). The molecule has 618 valence electrons. The molecule has 2 saturated carbocycles. The van der Waals surface area contributed by atoms with Crippen LogP contribution in [0.25, 0.3) is 0 Å². The van der Waals surface area contributed by atoms with Gasteiger partial charge < -0.3 is 76.4 Å². The smallest absolute Gasteiger partial charge is 0.329 e. The van der Waals surface area contributed by atoms with Gasteiger partial charge in [0.1, 0.15) is 47.2 Å².